The predicted molar refractivity (Wildman–Crippen MR) is 151 cm³/mol. The maximum absolute atomic E-state index is 16.0. The second-order valence-electron chi connectivity index (χ2n) is 10.2. The molecular weight excluding hydrogens is 651 g/mol. The topological polar surface area (TPSA) is 229 Å². The zero-order valence-corrected chi connectivity index (χ0v) is 25.1. The highest BCUT2D eigenvalue weighted by molar-refractivity contribution is 8.44. The van der Waals surface area contributed by atoms with E-state index in [0.29, 0.717) is 0 Å². The third kappa shape index (κ3) is 5.17. The summed E-state index contributed by atoms with van der Waals surface area (Å²) in [5.74, 6) is 0.123. The van der Waals surface area contributed by atoms with Crippen LogP contribution in [0.1, 0.15) is 12.5 Å². The van der Waals surface area contributed by atoms with Gasteiger partial charge in [0, 0.05) is 0 Å². The molecule has 3 saturated heterocycles. The van der Waals surface area contributed by atoms with Crippen molar-refractivity contribution in [2.24, 2.45) is 0 Å². The lowest BCUT2D eigenvalue weighted by Crippen LogP contribution is -2.37. The standard InChI is InChI=1S/C20H23BF2N10O8P2S/c21-42(34)36-1-7-14(10(23)20(38-7)33-6-31-12-16(25)27-4-29-18(12)33)41-43(35,44)37-2-8-13(40-42)9(22)19(39-8)32-5-30-11-15(24)26-3-28-17(11)32/h3-10,13-14,19-20H,1-2,21H2,(H,35,44)(H2,24,26,28)(H2,25,27,29)/t7-,8-,9?,10?,13?,14?,19-,20-,42+,43-/m1/s1. The molecule has 0 spiro atoms. The lowest BCUT2D eigenvalue weighted by atomic mass is 10.1. The van der Waals surface area contributed by atoms with Crippen LogP contribution in [0.25, 0.3) is 22.3 Å². The molecule has 0 aliphatic carbocycles. The molecule has 0 radical (unpaired) electrons. The van der Waals surface area contributed by atoms with E-state index in [4.69, 9.17) is 39.0 Å². The first-order valence-corrected chi connectivity index (χ1v) is 17.6. The van der Waals surface area contributed by atoms with Gasteiger partial charge < -0.3 is 30.0 Å². The Hall–Kier alpha value is -2.81. The Labute approximate surface area is 251 Å². The first kappa shape index (κ1) is 29.9. The average molecular weight is 674 g/mol. The van der Waals surface area contributed by atoms with E-state index < -0.39 is 76.7 Å². The number of ether oxygens (including phenoxy) is 2. The lowest BCUT2D eigenvalue weighted by Gasteiger charge is -2.29. The Balaban J connectivity index is 1.17. The number of fused-ring (bicyclic) bond motifs is 4. The zero-order chi connectivity index (χ0) is 31.0. The number of nitrogen functional groups attached to an aromatic ring is 2. The molecule has 0 amide bonds. The van der Waals surface area contributed by atoms with Crippen LogP contribution in [0.4, 0.5) is 20.4 Å². The first-order valence-electron chi connectivity index (χ1n) is 12.9. The van der Waals surface area contributed by atoms with Crippen LogP contribution in [-0.2, 0) is 36.7 Å². The maximum atomic E-state index is 16.0. The van der Waals surface area contributed by atoms with Crippen LogP contribution >= 0.6 is 26.5 Å². The molecule has 4 N–H and O–H groups in total. The Morgan fingerprint density at radius 2 is 1.27 bits per heavy atom. The van der Waals surface area contributed by atoms with Crippen molar-refractivity contribution < 1.29 is 45.5 Å². The van der Waals surface area contributed by atoms with Gasteiger partial charge in [0.1, 0.15) is 48.1 Å². The summed E-state index contributed by atoms with van der Waals surface area (Å²) >= 11 is 4.01. The van der Waals surface area contributed by atoms with E-state index in [1.54, 1.807) is 0 Å². The summed E-state index contributed by atoms with van der Waals surface area (Å²) in [6.45, 7) is -5.56. The second kappa shape index (κ2) is 10.9. The quantitative estimate of drug-likeness (QED) is 0.152. The van der Waals surface area contributed by atoms with Gasteiger partial charge in [0.25, 0.3) is 15.0 Å². The van der Waals surface area contributed by atoms with E-state index in [-0.39, 0.29) is 34.0 Å². The van der Waals surface area contributed by atoms with E-state index in [1.807, 2.05) is 0 Å². The summed E-state index contributed by atoms with van der Waals surface area (Å²) in [5.41, 5.74) is 12.4. The molecule has 4 unspecified atom stereocenters. The van der Waals surface area contributed by atoms with Gasteiger partial charge in [-0.15, -0.1) is 0 Å². The van der Waals surface area contributed by atoms with Gasteiger partial charge in [0.05, 0.1) is 25.9 Å². The Kier molecular flexibility index (Phi) is 7.42. The van der Waals surface area contributed by atoms with Crippen molar-refractivity contribution in [3.8, 4) is 0 Å². The van der Waals surface area contributed by atoms with Gasteiger partial charge in [-0.05, 0) is 0 Å². The highest BCUT2D eigenvalue weighted by Crippen LogP contribution is 2.58. The smallest absolute Gasteiger partial charge is 0.382 e. The van der Waals surface area contributed by atoms with E-state index in [1.165, 1.54) is 34.4 Å². The molecule has 3 aliphatic rings. The summed E-state index contributed by atoms with van der Waals surface area (Å²) in [7, 11) is -2.97. The minimum absolute atomic E-state index is 0.0605. The molecule has 7 heterocycles. The monoisotopic (exact) mass is 674 g/mol. The molecule has 234 valence electrons. The fraction of sp³-hybridized carbons (Fsp3) is 0.500. The molecule has 7 rings (SSSR count). The van der Waals surface area contributed by atoms with Gasteiger partial charge in [-0.3, -0.25) is 22.7 Å². The number of imidazole rings is 2. The molecule has 0 aromatic carbocycles. The molecule has 24 heteroatoms. The molecule has 44 heavy (non-hydrogen) atoms. The van der Waals surface area contributed by atoms with Crippen LogP contribution in [0.2, 0.25) is 0 Å². The number of nitrogens with zero attached hydrogens (tertiary/aromatic N) is 8. The zero-order valence-electron chi connectivity index (χ0n) is 22.4. The summed E-state index contributed by atoms with van der Waals surface area (Å²) in [5, 5.41) is 0. The van der Waals surface area contributed by atoms with Crippen molar-refractivity contribution in [3.63, 3.8) is 0 Å². The predicted octanol–water partition coefficient (Wildman–Crippen LogP) is 0.898. The Bertz CT molecular complexity index is 1710. The number of aromatic nitrogens is 8. The number of halogens is 2. The van der Waals surface area contributed by atoms with Crippen LogP contribution in [0.5, 0.6) is 0 Å². The second-order valence-corrected chi connectivity index (χ2v) is 15.0. The summed E-state index contributed by atoms with van der Waals surface area (Å²) in [6, 6.07) is 0. The van der Waals surface area contributed by atoms with Gasteiger partial charge in [0.15, 0.2) is 47.7 Å². The van der Waals surface area contributed by atoms with Gasteiger partial charge in [0.2, 0.25) is 0 Å². The third-order valence-electron chi connectivity index (χ3n) is 7.30. The van der Waals surface area contributed by atoms with E-state index in [2.05, 4.69) is 42.2 Å². The largest absolute Gasteiger partial charge is 0.386 e. The minimum Gasteiger partial charge on any atom is -0.382 e. The summed E-state index contributed by atoms with van der Waals surface area (Å²) in [6.07, 6.45) is -7.72. The summed E-state index contributed by atoms with van der Waals surface area (Å²) in [4.78, 5) is 24.1. The molecule has 0 saturated carbocycles. The fourth-order valence-electron chi connectivity index (χ4n) is 5.28. The van der Waals surface area contributed by atoms with Gasteiger partial charge in [-0.25, -0.2) is 43.2 Å². The first-order chi connectivity index (χ1) is 20.9. The molecule has 4 aromatic rings. The molecule has 18 nitrogen and oxygen atoms in total. The van der Waals surface area contributed by atoms with Gasteiger partial charge in [-0.2, -0.15) is 0 Å². The molecule has 3 aliphatic heterocycles. The van der Waals surface area contributed by atoms with E-state index in [0.717, 1.165) is 7.57 Å². The fourth-order valence-corrected chi connectivity index (χ4v) is 7.94. The average Bonchev–Trinajstić information content (AvgIpc) is 3.73. The van der Waals surface area contributed by atoms with E-state index in [9.17, 15) is 9.13 Å². The molecular formula is C20H23BF2N10O8P2S. The van der Waals surface area contributed by atoms with Crippen molar-refractivity contribution >= 4 is 68.0 Å². The highest BCUT2D eigenvalue weighted by atomic mass is 32.7. The number of hydrogen-bond donors (Lipinski definition) is 3. The molecule has 0 bridgehead atoms. The van der Waals surface area contributed by atoms with Gasteiger partial charge in [-0.1, -0.05) is 12.2 Å². The van der Waals surface area contributed by atoms with Crippen LogP contribution in [0, 0.1) is 0 Å². The number of nitrogens with two attached hydrogens (primary N) is 2. The van der Waals surface area contributed by atoms with Gasteiger partial charge >= 0.3 is 6.80 Å². The van der Waals surface area contributed by atoms with Crippen LogP contribution in [-0.4, -0.2) is 96.6 Å². The van der Waals surface area contributed by atoms with Crippen molar-refractivity contribution in [1.29, 1.82) is 0 Å². The number of thiol groups is 1. The van der Waals surface area contributed by atoms with Crippen molar-refractivity contribution in [2.45, 2.75) is 49.2 Å². The minimum atomic E-state index is -4.37. The number of rotatable bonds is 2. The Morgan fingerprint density at radius 1 is 0.795 bits per heavy atom. The SMILES string of the molecule is B[P@]1(=O)OC[C@H]2O[C@@H](n3cnc4c(N)ncnc43)C(F)C2O[P@](=O)(S)OC[C@H]2O[C@@H](n3cnc4c(N)ncnc43)C(F)C2O1. The number of anilines is 2. The Morgan fingerprint density at radius 3 is 1.80 bits per heavy atom. The number of alkyl halides is 2. The lowest BCUT2D eigenvalue weighted by molar-refractivity contribution is -0.0546. The normalized spacial score (nSPS) is 38.2. The third-order valence-corrected chi connectivity index (χ3v) is 10.2. The molecule has 3 fully saturated rings. The van der Waals surface area contributed by atoms with Crippen LogP contribution < -0.4 is 11.5 Å². The molecule has 4 aromatic heterocycles. The van der Waals surface area contributed by atoms with Crippen molar-refractivity contribution in [1.82, 2.24) is 39.0 Å². The van der Waals surface area contributed by atoms with Crippen molar-refractivity contribution in [2.75, 3.05) is 24.7 Å². The molecule has 10 atom stereocenters. The maximum Gasteiger partial charge on any atom is 0.386 e. The highest BCUT2D eigenvalue weighted by Gasteiger charge is 2.54. The van der Waals surface area contributed by atoms with Crippen molar-refractivity contribution in [3.05, 3.63) is 25.3 Å². The number of hydrogen-bond acceptors (Lipinski definition) is 16. The van der Waals surface area contributed by atoms with E-state index >= 15 is 8.78 Å². The van der Waals surface area contributed by atoms with Crippen LogP contribution in [0.15, 0.2) is 25.3 Å². The summed E-state index contributed by atoms with van der Waals surface area (Å²) < 4.78 is 95.1. The van der Waals surface area contributed by atoms with Crippen LogP contribution in [0.3, 0.4) is 0 Å².